The van der Waals surface area contributed by atoms with Crippen LogP contribution in [0.3, 0.4) is 0 Å². The van der Waals surface area contributed by atoms with Crippen molar-refractivity contribution in [1.29, 1.82) is 0 Å². The molecule has 1 saturated heterocycles. The summed E-state index contributed by atoms with van der Waals surface area (Å²) in [5.74, 6) is -1.30. The van der Waals surface area contributed by atoms with Gasteiger partial charge in [0, 0.05) is 38.5 Å². The fraction of sp³-hybridized carbons (Fsp3) is 0.348. The van der Waals surface area contributed by atoms with E-state index in [-0.39, 0.29) is 49.4 Å². The van der Waals surface area contributed by atoms with Gasteiger partial charge in [0.15, 0.2) is 5.82 Å². The molecule has 0 atom stereocenters. The largest absolute Gasteiger partial charge is 0.382 e. The predicted molar refractivity (Wildman–Crippen MR) is 129 cm³/mol. The van der Waals surface area contributed by atoms with Crippen LogP contribution in [-0.4, -0.2) is 62.4 Å². The Labute approximate surface area is 205 Å². The van der Waals surface area contributed by atoms with Crippen LogP contribution in [0, 0.1) is 5.82 Å². The summed E-state index contributed by atoms with van der Waals surface area (Å²) in [6, 6.07) is 6.03. The highest BCUT2D eigenvalue weighted by Gasteiger charge is 2.45. The maximum Gasteiger partial charge on any atom is 0.252 e. The lowest BCUT2D eigenvalue weighted by atomic mass is 9.96. The van der Waals surface area contributed by atoms with Crippen LogP contribution in [0.1, 0.15) is 27.2 Å². The smallest absolute Gasteiger partial charge is 0.252 e. The first-order valence-electron chi connectivity index (χ1n) is 11.0. The molecule has 1 fully saturated rings. The van der Waals surface area contributed by atoms with Crippen LogP contribution in [0.5, 0.6) is 0 Å². The summed E-state index contributed by atoms with van der Waals surface area (Å²) >= 11 is 6.33. The summed E-state index contributed by atoms with van der Waals surface area (Å²) in [5, 5.41) is 7.12. The second kappa shape index (κ2) is 9.14. The molecule has 12 heteroatoms. The third kappa shape index (κ3) is 4.39. The summed E-state index contributed by atoms with van der Waals surface area (Å²) in [5.41, 5.74) is 6.36. The van der Waals surface area contributed by atoms with Crippen molar-refractivity contribution in [3.63, 3.8) is 0 Å². The van der Waals surface area contributed by atoms with Gasteiger partial charge in [-0.1, -0.05) is 11.6 Å². The molecule has 1 aliphatic heterocycles. The van der Waals surface area contributed by atoms with Crippen LogP contribution in [0.25, 0.3) is 16.8 Å². The molecule has 4 rings (SSSR count). The number of nitrogens with one attached hydrogen (secondary N) is 1. The van der Waals surface area contributed by atoms with Crippen molar-refractivity contribution in [3.05, 3.63) is 41.4 Å². The van der Waals surface area contributed by atoms with Gasteiger partial charge in [-0.3, -0.25) is 14.4 Å². The molecule has 3 heterocycles. The number of nitrogens with two attached hydrogens (primary N) is 1. The molecule has 3 aromatic rings. The van der Waals surface area contributed by atoms with Gasteiger partial charge in [0.2, 0.25) is 11.8 Å². The zero-order valence-electron chi connectivity index (χ0n) is 19.5. The number of anilines is 2. The fourth-order valence-corrected chi connectivity index (χ4v) is 4.56. The minimum Gasteiger partial charge on any atom is -0.382 e. The van der Waals surface area contributed by atoms with Crippen LogP contribution in [0.2, 0.25) is 5.02 Å². The number of fused-ring (bicyclic) bond motifs is 1. The van der Waals surface area contributed by atoms with E-state index in [4.69, 9.17) is 17.3 Å². The van der Waals surface area contributed by atoms with Crippen molar-refractivity contribution in [3.8, 4) is 11.3 Å². The van der Waals surface area contributed by atoms with Crippen molar-refractivity contribution < 1.29 is 18.8 Å². The lowest BCUT2D eigenvalue weighted by Gasteiger charge is -2.46. The third-order valence-electron chi connectivity index (χ3n) is 6.07. The summed E-state index contributed by atoms with van der Waals surface area (Å²) < 4.78 is 16.5. The van der Waals surface area contributed by atoms with Crippen LogP contribution in [0.4, 0.5) is 15.9 Å². The Hall–Kier alpha value is -3.73. The van der Waals surface area contributed by atoms with Gasteiger partial charge in [-0.05, 0) is 38.1 Å². The number of hydrogen-bond donors (Lipinski definition) is 2. The van der Waals surface area contributed by atoms with Gasteiger partial charge in [-0.2, -0.15) is 5.10 Å². The van der Waals surface area contributed by atoms with Gasteiger partial charge in [0.05, 0.1) is 16.4 Å². The molecular weight excluding hydrogens is 477 g/mol. The van der Waals surface area contributed by atoms with E-state index in [1.54, 1.807) is 32.0 Å². The van der Waals surface area contributed by atoms with E-state index in [1.807, 2.05) is 0 Å². The minimum atomic E-state index is -1.21. The average Bonchev–Trinajstić information content (AvgIpc) is 3.13. The van der Waals surface area contributed by atoms with Crippen LogP contribution in [0.15, 0.2) is 30.6 Å². The fourth-order valence-electron chi connectivity index (χ4n) is 4.28. The number of hydrogen-bond acceptors (Lipinski definition) is 6. The van der Waals surface area contributed by atoms with Crippen molar-refractivity contribution in [2.45, 2.75) is 32.7 Å². The van der Waals surface area contributed by atoms with Gasteiger partial charge < -0.3 is 20.9 Å². The first-order valence-corrected chi connectivity index (χ1v) is 11.3. The van der Waals surface area contributed by atoms with E-state index in [2.05, 4.69) is 15.4 Å². The van der Waals surface area contributed by atoms with Crippen molar-refractivity contribution >= 4 is 46.3 Å². The highest BCUT2D eigenvalue weighted by molar-refractivity contribution is 6.35. The van der Waals surface area contributed by atoms with Gasteiger partial charge in [-0.15, -0.1) is 0 Å². The van der Waals surface area contributed by atoms with Crippen molar-refractivity contribution in [2.24, 2.45) is 0 Å². The van der Waals surface area contributed by atoms with Crippen LogP contribution >= 0.6 is 11.6 Å². The number of halogens is 2. The molecule has 0 unspecified atom stereocenters. The SMILES string of the molecule is CC(=O)NCCC(=O)N1CCN(c2cc(-c3cc(Cl)c4c(N)ncnn34)ccc2F)C(=O)C1(C)C. The van der Waals surface area contributed by atoms with E-state index in [9.17, 15) is 18.8 Å². The molecule has 0 spiro atoms. The Morgan fingerprint density at radius 3 is 2.71 bits per heavy atom. The van der Waals surface area contributed by atoms with Crippen molar-refractivity contribution in [2.75, 3.05) is 30.3 Å². The van der Waals surface area contributed by atoms with Crippen LogP contribution in [-0.2, 0) is 14.4 Å². The number of carbonyl (C=O) groups is 3. The Bertz CT molecular complexity index is 1340. The summed E-state index contributed by atoms with van der Waals surface area (Å²) in [4.78, 5) is 44.0. The molecule has 3 amide bonds. The van der Waals surface area contributed by atoms with E-state index in [0.717, 1.165) is 0 Å². The molecule has 0 bridgehead atoms. The van der Waals surface area contributed by atoms with E-state index < -0.39 is 17.3 Å². The summed E-state index contributed by atoms with van der Waals surface area (Å²) in [7, 11) is 0. The van der Waals surface area contributed by atoms with Crippen molar-refractivity contribution in [1.82, 2.24) is 24.8 Å². The molecule has 2 aromatic heterocycles. The van der Waals surface area contributed by atoms with Gasteiger partial charge >= 0.3 is 0 Å². The molecule has 0 radical (unpaired) electrons. The molecule has 1 aliphatic rings. The molecular formula is C23H25ClFN7O3. The molecule has 184 valence electrons. The third-order valence-corrected chi connectivity index (χ3v) is 6.36. The Morgan fingerprint density at radius 2 is 2.00 bits per heavy atom. The molecule has 3 N–H and O–H groups in total. The zero-order chi connectivity index (χ0) is 25.5. The average molecular weight is 502 g/mol. The lowest BCUT2D eigenvalue weighted by Crippen LogP contribution is -2.65. The highest BCUT2D eigenvalue weighted by Crippen LogP contribution is 2.35. The number of aromatic nitrogens is 3. The number of piperazine rings is 1. The van der Waals surface area contributed by atoms with E-state index in [0.29, 0.717) is 21.8 Å². The first-order chi connectivity index (χ1) is 16.5. The maximum absolute atomic E-state index is 15.0. The van der Waals surface area contributed by atoms with E-state index >= 15 is 0 Å². The summed E-state index contributed by atoms with van der Waals surface area (Å²) in [6.07, 6.45) is 1.36. The normalized spacial score (nSPS) is 15.5. The standard InChI is InChI=1S/C23H25ClFN7O3/c1-13(33)27-7-6-19(34)31-9-8-30(22(35)23(31,2)3)18-10-14(4-5-16(18)25)17-11-15(24)20-21(26)28-12-29-32(17)20/h4-5,10-12H,6-9H2,1-3H3,(H,27,33)(H2,26,28,29). The molecule has 1 aromatic carbocycles. The Balaban J connectivity index is 1.64. The number of rotatable bonds is 5. The molecule has 10 nitrogen and oxygen atoms in total. The van der Waals surface area contributed by atoms with E-state index in [1.165, 1.54) is 33.6 Å². The van der Waals surface area contributed by atoms with Gasteiger partial charge in [-0.25, -0.2) is 13.9 Å². The Kier molecular flexibility index (Phi) is 6.37. The molecule has 0 aliphatic carbocycles. The van der Waals surface area contributed by atoms with Gasteiger partial charge in [0.1, 0.15) is 23.2 Å². The second-order valence-electron chi connectivity index (χ2n) is 8.74. The molecule has 35 heavy (non-hydrogen) atoms. The monoisotopic (exact) mass is 501 g/mol. The maximum atomic E-state index is 15.0. The number of nitrogen functional groups attached to an aromatic ring is 1. The van der Waals surface area contributed by atoms with Gasteiger partial charge in [0.25, 0.3) is 5.91 Å². The summed E-state index contributed by atoms with van der Waals surface area (Å²) in [6.45, 7) is 5.12. The topological polar surface area (TPSA) is 126 Å². The second-order valence-corrected chi connectivity index (χ2v) is 9.15. The number of carbonyl (C=O) groups excluding carboxylic acids is 3. The molecule has 0 saturated carbocycles. The number of benzene rings is 1. The number of amides is 3. The highest BCUT2D eigenvalue weighted by atomic mass is 35.5. The zero-order valence-corrected chi connectivity index (χ0v) is 20.3. The lowest BCUT2D eigenvalue weighted by molar-refractivity contribution is -0.147. The predicted octanol–water partition coefficient (Wildman–Crippen LogP) is 2.25. The quantitative estimate of drug-likeness (QED) is 0.552. The minimum absolute atomic E-state index is 0.0627. The number of nitrogens with zero attached hydrogens (tertiary/aromatic N) is 5. The Morgan fingerprint density at radius 1 is 1.26 bits per heavy atom. The van der Waals surface area contributed by atoms with Crippen LogP contribution < -0.4 is 16.0 Å². The first kappa shape index (κ1) is 24.4.